The molecule has 0 N–H and O–H groups in total. The second-order valence-corrected chi connectivity index (χ2v) is 4.37. The van der Waals surface area contributed by atoms with E-state index in [1.54, 1.807) is 20.2 Å². The number of aromatic nitrogens is 2. The topological polar surface area (TPSA) is 73.3 Å². The van der Waals surface area contributed by atoms with Gasteiger partial charge in [-0.25, -0.2) is 0 Å². The summed E-state index contributed by atoms with van der Waals surface area (Å²) in [4.78, 5) is 13.4. The van der Waals surface area contributed by atoms with Crippen molar-refractivity contribution in [2.75, 3.05) is 7.05 Å². The van der Waals surface area contributed by atoms with E-state index in [2.05, 4.69) is 9.79 Å². The molecule has 6 nitrogen and oxygen atoms in total. The minimum atomic E-state index is -0.529. The van der Waals surface area contributed by atoms with Gasteiger partial charge in [0.1, 0.15) is 6.54 Å². The van der Waals surface area contributed by atoms with Crippen LogP contribution in [-0.4, -0.2) is 23.1 Å². The highest BCUT2D eigenvalue weighted by Gasteiger charge is 2.17. The van der Waals surface area contributed by atoms with Crippen LogP contribution in [0, 0.1) is 0 Å². The van der Waals surface area contributed by atoms with Gasteiger partial charge in [-0.2, -0.15) is 0 Å². The number of benzene rings is 1. The van der Waals surface area contributed by atoms with Crippen LogP contribution in [0.3, 0.4) is 0 Å². The average molecular weight is 273 g/mol. The van der Waals surface area contributed by atoms with Crippen molar-refractivity contribution in [3.63, 3.8) is 0 Å². The van der Waals surface area contributed by atoms with E-state index in [0.29, 0.717) is 5.69 Å². The molecule has 104 valence electrons. The molecule has 1 amide bonds. The van der Waals surface area contributed by atoms with E-state index in [9.17, 15) is 9.90 Å². The summed E-state index contributed by atoms with van der Waals surface area (Å²) in [6.07, 6.45) is 3.19. The Kier molecular flexibility index (Phi) is 4.14. The standard InChI is InChI=1S/C14H15N3O3/c1-16(10-12-14(19)20-15-17(12)2)13(18)9-8-11-6-4-3-5-7-11/h3-9H,10H2,1-2H3/b9-8+. The van der Waals surface area contributed by atoms with E-state index in [1.165, 1.54) is 15.7 Å². The minimum Gasteiger partial charge on any atom is -0.539 e. The Balaban J connectivity index is 2.01. The quantitative estimate of drug-likeness (QED) is 0.591. The van der Waals surface area contributed by atoms with Crippen molar-refractivity contribution in [1.82, 2.24) is 10.2 Å². The van der Waals surface area contributed by atoms with Crippen LogP contribution in [0.25, 0.3) is 6.08 Å². The van der Waals surface area contributed by atoms with Gasteiger partial charge >= 0.3 is 0 Å². The third-order valence-electron chi connectivity index (χ3n) is 2.85. The van der Waals surface area contributed by atoms with E-state index >= 15 is 0 Å². The van der Waals surface area contributed by atoms with Gasteiger partial charge in [-0.05, 0) is 11.6 Å². The van der Waals surface area contributed by atoms with Gasteiger partial charge in [0.05, 0.1) is 5.27 Å². The first-order chi connectivity index (χ1) is 9.58. The molecule has 0 spiro atoms. The first-order valence-electron chi connectivity index (χ1n) is 6.08. The lowest BCUT2D eigenvalue weighted by atomic mass is 10.2. The van der Waals surface area contributed by atoms with Crippen LogP contribution in [0.1, 0.15) is 11.3 Å². The third kappa shape index (κ3) is 3.23. The number of amides is 1. The summed E-state index contributed by atoms with van der Waals surface area (Å²) in [5, 5.41) is 14.9. The molecule has 0 unspecified atom stereocenters. The Morgan fingerprint density at radius 1 is 1.45 bits per heavy atom. The van der Waals surface area contributed by atoms with Crippen molar-refractivity contribution in [3.05, 3.63) is 47.7 Å². The first-order valence-corrected chi connectivity index (χ1v) is 6.08. The molecule has 0 aliphatic rings. The zero-order chi connectivity index (χ0) is 14.5. The van der Waals surface area contributed by atoms with Gasteiger partial charge in [-0.15, -0.1) is 0 Å². The molecule has 0 saturated heterocycles. The predicted molar refractivity (Wildman–Crippen MR) is 69.1 cm³/mol. The van der Waals surface area contributed by atoms with Crippen molar-refractivity contribution in [1.29, 1.82) is 0 Å². The Hall–Kier alpha value is -2.63. The average Bonchev–Trinajstić information content (AvgIpc) is 2.77. The third-order valence-corrected chi connectivity index (χ3v) is 2.85. The summed E-state index contributed by atoms with van der Waals surface area (Å²) in [6, 6.07) is 9.51. The van der Waals surface area contributed by atoms with Gasteiger partial charge in [-0.1, -0.05) is 35.0 Å². The number of carbonyl (C=O) groups excluding carboxylic acids is 1. The summed E-state index contributed by atoms with van der Waals surface area (Å²) in [5.74, 6) is -0.728. The molecule has 2 rings (SSSR count). The number of carbonyl (C=O) groups is 1. The van der Waals surface area contributed by atoms with Gasteiger partial charge in [0.25, 0.3) is 5.69 Å². The second-order valence-electron chi connectivity index (χ2n) is 4.37. The van der Waals surface area contributed by atoms with E-state index < -0.39 is 5.95 Å². The largest absolute Gasteiger partial charge is 0.539 e. The number of hydrogen-bond acceptors (Lipinski definition) is 4. The Bertz CT molecular complexity index is 600. The fraction of sp³-hybridized carbons (Fsp3) is 0.214. The number of rotatable bonds is 4. The maximum absolute atomic E-state index is 11.9. The van der Waals surface area contributed by atoms with Crippen molar-refractivity contribution >= 4 is 12.0 Å². The normalized spacial score (nSPS) is 10.9. The molecule has 0 saturated carbocycles. The minimum absolute atomic E-state index is 0.150. The molecule has 0 aliphatic heterocycles. The molecule has 0 aliphatic carbocycles. The molecule has 1 heterocycles. The van der Waals surface area contributed by atoms with Crippen LogP contribution in [0.4, 0.5) is 0 Å². The Morgan fingerprint density at radius 3 is 2.75 bits per heavy atom. The van der Waals surface area contributed by atoms with Crippen LogP contribution >= 0.6 is 0 Å². The molecule has 0 bridgehead atoms. The van der Waals surface area contributed by atoms with Gasteiger partial charge in [0, 0.05) is 13.1 Å². The van der Waals surface area contributed by atoms with Crippen LogP contribution in [0.15, 0.2) is 40.9 Å². The molecule has 1 aromatic carbocycles. The highest BCUT2D eigenvalue weighted by molar-refractivity contribution is 5.91. The molecule has 0 atom stereocenters. The molecule has 6 heteroatoms. The van der Waals surface area contributed by atoms with Crippen molar-refractivity contribution in [2.45, 2.75) is 6.54 Å². The maximum atomic E-state index is 11.9. The molecular formula is C14H15N3O3. The Morgan fingerprint density at radius 2 is 2.15 bits per heavy atom. The van der Waals surface area contributed by atoms with E-state index in [-0.39, 0.29) is 12.5 Å². The summed E-state index contributed by atoms with van der Waals surface area (Å²) in [5.41, 5.74) is 1.27. The van der Waals surface area contributed by atoms with Crippen LogP contribution in [0.2, 0.25) is 0 Å². The molecular weight excluding hydrogens is 258 g/mol. The van der Waals surface area contributed by atoms with Crippen LogP contribution < -0.4 is 9.79 Å². The lowest BCUT2D eigenvalue weighted by molar-refractivity contribution is -0.746. The summed E-state index contributed by atoms with van der Waals surface area (Å²) < 4.78 is 5.83. The van der Waals surface area contributed by atoms with E-state index in [0.717, 1.165) is 5.56 Å². The first kappa shape index (κ1) is 13.8. The molecule has 1 aromatic heterocycles. The smallest absolute Gasteiger partial charge is 0.252 e. The molecule has 2 aromatic rings. The van der Waals surface area contributed by atoms with Crippen molar-refractivity contribution in [3.8, 4) is 5.95 Å². The van der Waals surface area contributed by atoms with Gasteiger partial charge in [0.15, 0.2) is 13.0 Å². The van der Waals surface area contributed by atoms with Crippen LogP contribution in [-0.2, 0) is 18.4 Å². The summed E-state index contributed by atoms with van der Waals surface area (Å²) in [7, 11) is 3.21. The lowest BCUT2D eigenvalue weighted by Crippen LogP contribution is -2.38. The number of nitrogens with zero attached hydrogens (tertiary/aromatic N) is 3. The fourth-order valence-corrected chi connectivity index (χ4v) is 1.66. The second kappa shape index (κ2) is 6.01. The van der Waals surface area contributed by atoms with Crippen molar-refractivity contribution in [2.24, 2.45) is 7.05 Å². The number of hydrogen-bond donors (Lipinski definition) is 0. The summed E-state index contributed by atoms with van der Waals surface area (Å²) in [6.45, 7) is 0.150. The zero-order valence-electron chi connectivity index (χ0n) is 11.3. The lowest BCUT2D eigenvalue weighted by Gasteiger charge is -2.12. The monoisotopic (exact) mass is 273 g/mol. The SMILES string of the molecule is CN(Cc1c([O-])on[n+]1C)C(=O)/C=C/c1ccccc1. The molecule has 20 heavy (non-hydrogen) atoms. The van der Waals surface area contributed by atoms with E-state index in [4.69, 9.17) is 0 Å². The predicted octanol–water partition coefficient (Wildman–Crippen LogP) is 0.244. The molecule has 0 fully saturated rings. The maximum Gasteiger partial charge on any atom is 0.252 e. The zero-order valence-corrected chi connectivity index (χ0v) is 11.3. The van der Waals surface area contributed by atoms with Gasteiger partial charge in [0.2, 0.25) is 5.91 Å². The highest BCUT2D eigenvalue weighted by atomic mass is 16.6. The van der Waals surface area contributed by atoms with E-state index in [1.807, 2.05) is 30.3 Å². The van der Waals surface area contributed by atoms with Crippen molar-refractivity contribution < 1.29 is 19.1 Å². The Labute approximate surface area is 116 Å². The summed E-state index contributed by atoms with van der Waals surface area (Å²) >= 11 is 0. The highest BCUT2D eigenvalue weighted by Crippen LogP contribution is 2.09. The number of likely N-dealkylation sites (N-methyl/N-ethyl adjacent to an activating group) is 1. The molecule has 0 radical (unpaired) electrons. The van der Waals surface area contributed by atoms with Crippen LogP contribution in [0.5, 0.6) is 5.95 Å². The number of aryl methyl sites for hydroxylation is 1. The van der Waals surface area contributed by atoms with Gasteiger partial charge in [-0.3, -0.25) is 4.79 Å². The fourth-order valence-electron chi connectivity index (χ4n) is 1.66. The van der Waals surface area contributed by atoms with Gasteiger partial charge < -0.3 is 14.5 Å².